The topological polar surface area (TPSA) is 93.2 Å². The molecule has 2 heterocycles. The lowest BCUT2D eigenvalue weighted by Gasteiger charge is -2.12. The van der Waals surface area contributed by atoms with Gasteiger partial charge in [-0.3, -0.25) is 0 Å². The van der Waals surface area contributed by atoms with Crippen LogP contribution in [0.5, 0.6) is 5.75 Å². The molecule has 134 valence electrons. The van der Waals surface area contributed by atoms with Gasteiger partial charge in [0.2, 0.25) is 5.95 Å². The zero-order valence-electron chi connectivity index (χ0n) is 14.1. The maximum Gasteiger partial charge on any atom is 0.224 e. The highest BCUT2D eigenvalue weighted by Gasteiger charge is 2.27. The van der Waals surface area contributed by atoms with Crippen molar-refractivity contribution in [3.05, 3.63) is 42.1 Å². The average molecular weight is 362 g/mol. The van der Waals surface area contributed by atoms with Crippen molar-refractivity contribution in [3.8, 4) is 5.75 Å². The molecular formula is C17H22N4O3S. The highest BCUT2D eigenvalue weighted by Crippen LogP contribution is 2.17. The van der Waals surface area contributed by atoms with E-state index >= 15 is 0 Å². The molecule has 0 saturated carbocycles. The van der Waals surface area contributed by atoms with Gasteiger partial charge < -0.3 is 15.4 Å². The molecule has 0 aliphatic carbocycles. The summed E-state index contributed by atoms with van der Waals surface area (Å²) >= 11 is 0. The largest absolute Gasteiger partial charge is 0.497 e. The van der Waals surface area contributed by atoms with Gasteiger partial charge in [-0.2, -0.15) is 4.98 Å². The highest BCUT2D eigenvalue weighted by atomic mass is 32.2. The molecule has 1 aromatic heterocycles. The van der Waals surface area contributed by atoms with E-state index in [-0.39, 0.29) is 17.5 Å². The Morgan fingerprint density at radius 3 is 2.96 bits per heavy atom. The number of benzene rings is 1. The third-order valence-corrected chi connectivity index (χ3v) is 5.84. The van der Waals surface area contributed by atoms with E-state index < -0.39 is 9.84 Å². The molecule has 2 N–H and O–H groups in total. The normalized spacial score (nSPS) is 18.7. The Hall–Kier alpha value is -2.35. The summed E-state index contributed by atoms with van der Waals surface area (Å²) in [5.41, 5.74) is 1.16. The van der Waals surface area contributed by atoms with Gasteiger partial charge >= 0.3 is 0 Å². The lowest BCUT2D eigenvalue weighted by Crippen LogP contribution is -2.21. The molecule has 25 heavy (non-hydrogen) atoms. The summed E-state index contributed by atoms with van der Waals surface area (Å²) < 4.78 is 28.3. The first kappa shape index (κ1) is 17.5. The van der Waals surface area contributed by atoms with Crippen molar-refractivity contribution in [1.29, 1.82) is 0 Å². The maximum absolute atomic E-state index is 11.5. The van der Waals surface area contributed by atoms with Crippen molar-refractivity contribution in [2.45, 2.75) is 18.9 Å². The average Bonchev–Trinajstić information content (AvgIpc) is 2.94. The van der Waals surface area contributed by atoms with Gasteiger partial charge in [-0.1, -0.05) is 12.1 Å². The second-order valence-corrected chi connectivity index (χ2v) is 8.27. The second-order valence-electron chi connectivity index (χ2n) is 6.04. The molecule has 7 nitrogen and oxygen atoms in total. The van der Waals surface area contributed by atoms with Gasteiger partial charge in [-0.15, -0.1) is 0 Å². The van der Waals surface area contributed by atoms with Crippen molar-refractivity contribution in [2.75, 3.05) is 35.8 Å². The van der Waals surface area contributed by atoms with Crippen LogP contribution in [0.25, 0.3) is 0 Å². The quantitative estimate of drug-likeness (QED) is 0.775. The number of hydrogen-bond acceptors (Lipinski definition) is 7. The van der Waals surface area contributed by atoms with Gasteiger partial charge in [0, 0.05) is 18.8 Å². The van der Waals surface area contributed by atoms with Gasteiger partial charge in [0.15, 0.2) is 9.84 Å². The first-order valence-corrected chi connectivity index (χ1v) is 10.0. The van der Waals surface area contributed by atoms with Crippen LogP contribution in [0.15, 0.2) is 36.5 Å². The third kappa shape index (κ3) is 5.06. The molecule has 0 bridgehead atoms. The highest BCUT2D eigenvalue weighted by molar-refractivity contribution is 7.91. The number of hydrogen-bond donors (Lipinski definition) is 2. The van der Waals surface area contributed by atoms with Crippen LogP contribution in [0.2, 0.25) is 0 Å². The Labute approximate surface area is 147 Å². The van der Waals surface area contributed by atoms with Crippen LogP contribution in [-0.4, -0.2) is 49.6 Å². The van der Waals surface area contributed by atoms with Crippen LogP contribution < -0.4 is 15.4 Å². The van der Waals surface area contributed by atoms with Crippen molar-refractivity contribution < 1.29 is 13.2 Å². The molecule has 1 aliphatic heterocycles. The Morgan fingerprint density at radius 2 is 2.20 bits per heavy atom. The van der Waals surface area contributed by atoms with Gasteiger partial charge in [-0.25, -0.2) is 13.4 Å². The first-order valence-electron chi connectivity index (χ1n) is 8.21. The van der Waals surface area contributed by atoms with Crippen LogP contribution in [0.4, 0.5) is 11.8 Å². The van der Waals surface area contributed by atoms with Crippen molar-refractivity contribution >= 4 is 21.6 Å². The maximum atomic E-state index is 11.5. The number of anilines is 2. The number of rotatable bonds is 7. The number of nitrogens with zero attached hydrogens (tertiary/aromatic N) is 2. The minimum Gasteiger partial charge on any atom is -0.497 e. The number of aromatic nitrogens is 2. The van der Waals surface area contributed by atoms with E-state index in [9.17, 15) is 8.42 Å². The van der Waals surface area contributed by atoms with Gasteiger partial charge in [0.1, 0.15) is 11.6 Å². The Balaban J connectivity index is 1.53. The van der Waals surface area contributed by atoms with E-state index in [1.807, 2.05) is 24.3 Å². The molecule has 0 spiro atoms. The summed E-state index contributed by atoms with van der Waals surface area (Å²) in [4.78, 5) is 8.60. The summed E-state index contributed by atoms with van der Waals surface area (Å²) in [5, 5.41) is 6.36. The number of ether oxygens (including phenoxy) is 1. The molecule has 1 aromatic carbocycles. The van der Waals surface area contributed by atoms with Gasteiger partial charge in [0.25, 0.3) is 0 Å². The second kappa shape index (κ2) is 7.69. The van der Waals surface area contributed by atoms with E-state index in [0.29, 0.717) is 24.7 Å². The minimum absolute atomic E-state index is 0.0791. The number of nitrogens with one attached hydrogen (secondary N) is 2. The van der Waals surface area contributed by atoms with Gasteiger partial charge in [-0.05, 0) is 36.6 Å². The van der Waals surface area contributed by atoms with E-state index in [4.69, 9.17) is 4.74 Å². The van der Waals surface area contributed by atoms with Crippen molar-refractivity contribution in [3.63, 3.8) is 0 Å². The van der Waals surface area contributed by atoms with E-state index in [1.165, 1.54) is 0 Å². The predicted octanol–water partition coefficient (Wildman–Crippen LogP) is 1.74. The molecule has 1 saturated heterocycles. The predicted molar refractivity (Wildman–Crippen MR) is 97.9 cm³/mol. The van der Waals surface area contributed by atoms with E-state index in [0.717, 1.165) is 17.7 Å². The van der Waals surface area contributed by atoms with E-state index in [2.05, 4.69) is 20.6 Å². The fourth-order valence-electron chi connectivity index (χ4n) is 2.79. The molecule has 1 aliphatic rings. The summed E-state index contributed by atoms with van der Waals surface area (Å²) in [6, 6.07) is 9.59. The van der Waals surface area contributed by atoms with Crippen LogP contribution in [0.1, 0.15) is 12.0 Å². The monoisotopic (exact) mass is 362 g/mol. The summed E-state index contributed by atoms with van der Waals surface area (Å²) in [6.45, 7) is 0.689. The summed E-state index contributed by atoms with van der Waals surface area (Å²) in [6.07, 6.45) is 3.09. The van der Waals surface area contributed by atoms with Crippen LogP contribution in [-0.2, 0) is 16.3 Å². The molecule has 0 amide bonds. The molecule has 0 radical (unpaired) electrons. The Kier molecular flexibility index (Phi) is 5.37. The van der Waals surface area contributed by atoms with Crippen molar-refractivity contribution in [2.24, 2.45) is 0 Å². The molecule has 3 rings (SSSR count). The fourth-order valence-corrected chi connectivity index (χ4v) is 4.46. The fraction of sp³-hybridized carbons (Fsp3) is 0.412. The summed E-state index contributed by atoms with van der Waals surface area (Å²) in [5.74, 6) is 2.40. The lowest BCUT2D eigenvalue weighted by molar-refractivity contribution is 0.414. The van der Waals surface area contributed by atoms with Crippen LogP contribution in [0, 0.1) is 0 Å². The minimum atomic E-state index is -2.91. The molecular weight excluding hydrogens is 340 g/mol. The zero-order valence-corrected chi connectivity index (χ0v) is 14.9. The van der Waals surface area contributed by atoms with Crippen LogP contribution >= 0.6 is 0 Å². The smallest absolute Gasteiger partial charge is 0.224 e. The first-order chi connectivity index (χ1) is 12.0. The lowest BCUT2D eigenvalue weighted by atomic mass is 10.1. The van der Waals surface area contributed by atoms with Crippen molar-refractivity contribution in [1.82, 2.24) is 9.97 Å². The molecule has 1 unspecified atom stereocenters. The standard InChI is InChI=1S/C17H22N4O3S/c1-24-15-4-2-3-13(11-15)5-8-18-17-19-9-6-16(21-17)20-14-7-10-25(22,23)12-14/h2-4,6,9,11,14H,5,7-8,10,12H2,1H3,(H2,18,19,20,21). The molecule has 1 fully saturated rings. The summed E-state index contributed by atoms with van der Waals surface area (Å²) in [7, 11) is -1.26. The zero-order chi connectivity index (χ0) is 17.7. The third-order valence-electron chi connectivity index (χ3n) is 4.07. The molecule has 2 aromatic rings. The Bertz CT molecular complexity index is 826. The molecule has 1 atom stereocenters. The van der Waals surface area contributed by atoms with Crippen LogP contribution in [0.3, 0.4) is 0 Å². The van der Waals surface area contributed by atoms with Gasteiger partial charge in [0.05, 0.1) is 18.6 Å². The SMILES string of the molecule is COc1cccc(CCNc2nccc(NC3CCS(=O)(=O)C3)n2)c1. The number of methoxy groups -OCH3 is 1. The number of sulfone groups is 1. The molecule has 8 heteroatoms. The van der Waals surface area contributed by atoms with E-state index in [1.54, 1.807) is 19.4 Å². The Morgan fingerprint density at radius 1 is 1.32 bits per heavy atom.